The van der Waals surface area contributed by atoms with Crippen LogP contribution in [0, 0.1) is 0 Å². The lowest BCUT2D eigenvalue weighted by atomic mass is 9.84. The molecule has 7 heteroatoms. The predicted octanol–water partition coefficient (Wildman–Crippen LogP) is 2.78. The Morgan fingerprint density at radius 3 is 2.50 bits per heavy atom. The van der Waals surface area contributed by atoms with Gasteiger partial charge in [-0.2, -0.15) is 5.10 Å². The second-order valence-corrected chi connectivity index (χ2v) is 5.95. The Balaban J connectivity index is 2.58. The fourth-order valence-electron chi connectivity index (χ4n) is 2.45. The van der Waals surface area contributed by atoms with Crippen LogP contribution in [0.4, 0.5) is 0 Å². The highest BCUT2D eigenvalue weighted by atomic mass is 35.5. The molecule has 0 radical (unpaired) electrons. The second-order valence-electron chi connectivity index (χ2n) is 5.55. The summed E-state index contributed by atoms with van der Waals surface area (Å²) in [6, 6.07) is 6.98. The van der Waals surface area contributed by atoms with Crippen molar-refractivity contribution in [1.29, 1.82) is 0 Å². The minimum absolute atomic E-state index is 0.0581. The Bertz CT molecular complexity index is 725. The van der Waals surface area contributed by atoms with E-state index in [1.807, 2.05) is 0 Å². The van der Waals surface area contributed by atoms with Crippen LogP contribution in [0.3, 0.4) is 0 Å². The number of rotatable bonds is 4. The topological polar surface area (TPSA) is 77.0 Å². The molecule has 1 aliphatic heterocycles. The van der Waals surface area contributed by atoms with E-state index in [2.05, 4.69) is 10.5 Å². The molecule has 0 aromatic heterocycles. The largest absolute Gasteiger partial charge is 0.466 e. The number of methoxy groups -OCH3 is 1. The monoisotopic (exact) mass is 350 g/mol. The van der Waals surface area contributed by atoms with Crippen LogP contribution in [0.25, 0.3) is 0 Å². The first kappa shape index (κ1) is 18.0. The molecule has 1 heterocycles. The van der Waals surface area contributed by atoms with Gasteiger partial charge in [-0.15, -0.1) is 0 Å². The first-order chi connectivity index (χ1) is 11.4. The Morgan fingerprint density at radius 2 is 1.92 bits per heavy atom. The number of carbonyl (C=O) groups excluding carboxylic acids is 2. The zero-order chi connectivity index (χ0) is 17.9. The van der Waals surface area contributed by atoms with Crippen LogP contribution in [-0.4, -0.2) is 30.9 Å². The van der Waals surface area contributed by atoms with Crippen LogP contribution >= 0.6 is 11.6 Å². The quantitative estimate of drug-likeness (QED) is 0.845. The molecule has 24 heavy (non-hydrogen) atoms. The summed E-state index contributed by atoms with van der Waals surface area (Å²) in [6.45, 7) is 5.16. The molecule has 0 fully saturated rings. The third-order valence-corrected chi connectivity index (χ3v) is 3.83. The van der Waals surface area contributed by atoms with Crippen molar-refractivity contribution in [3.63, 3.8) is 0 Å². The summed E-state index contributed by atoms with van der Waals surface area (Å²) in [7, 11) is 1.28. The number of nitrogens with zero attached hydrogens (tertiary/aromatic N) is 1. The normalized spacial score (nSPS) is 17.2. The van der Waals surface area contributed by atoms with Crippen molar-refractivity contribution in [2.45, 2.75) is 32.8 Å². The molecular weight excluding hydrogens is 332 g/mol. The van der Waals surface area contributed by atoms with Gasteiger partial charge < -0.3 is 9.47 Å². The summed E-state index contributed by atoms with van der Waals surface area (Å²) in [5.74, 6) is -1.94. The molecule has 0 bridgehead atoms. The molecule has 0 spiro atoms. The number of nitrogens with one attached hydrogen (secondary N) is 1. The van der Waals surface area contributed by atoms with Gasteiger partial charge >= 0.3 is 11.9 Å². The molecular formula is C17H19ClN2O4. The molecule has 1 unspecified atom stereocenters. The summed E-state index contributed by atoms with van der Waals surface area (Å²) >= 11 is 6.29. The van der Waals surface area contributed by atoms with Gasteiger partial charge in [0, 0.05) is 10.7 Å². The molecule has 1 aromatic carbocycles. The van der Waals surface area contributed by atoms with Gasteiger partial charge in [0.05, 0.1) is 24.7 Å². The number of carbonyl (C=O) groups is 2. The molecule has 0 saturated carbocycles. The maximum Gasteiger partial charge on any atom is 0.355 e. The van der Waals surface area contributed by atoms with Crippen LogP contribution in [0.2, 0.25) is 5.02 Å². The Kier molecular flexibility index (Phi) is 5.62. The van der Waals surface area contributed by atoms with Gasteiger partial charge in [0.25, 0.3) is 0 Å². The van der Waals surface area contributed by atoms with Gasteiger partial charge in [0.15, 0.2) is 5.71 Å². The number of hydrogen-bond donors (Lipinski definition) is 1. The van der Waals surface area contributed by atoms with Gasteiger partial charge in [0.2, 0.25) is 0 Å². The number of esters is 2. The standard InChI is InChI=1S/C17H19ClN2O4/c1-9(2)24-17(22)15-14(11-7-5-6-8-12(11)18)13(16(21)23-4)10(3)19-20-15/h5-9,14,19H,1-4H3. The maximum atomic E-state index is 12.5. The summed E-state index contributed by atoms with van der Waals surface area (Å²) < 4.78 is 10.1. The highest BCUT2D eigenvalue weighted by Crippen LogP contribution is 2.35. The average molecular weight is 351 g/mol. The second kappa shape index (κ2) is 7.49. The molecule has 1 N–H and O–H groups in total. The minimum Gasteiger partial charge on any atom is -0.466 e. The van der Waals surface area contributed by atoms with E-state index in [9.17, 15) is 9.59 Å². The van der Waals surface area contributed by atoms with Gasteiger partial charge in [-0.25, -0.2) is 9.59 Å². The third kappa shape index (κ3) is 3.59. The van der Waals surface area contributed by atoms with Crippen LogP contribution < -0.4 is 5.43 Å². The van der Waals surface area contributed by atoms with Gasteiger partial charge in [0.1, 0.15) is 0 Å². The molecule has 0 amide bonds. The molecule has 0 saturated heterocycles. The van der Waals surface area contributed by atoms with Crippen molar-refractivity contribution in [2.75, 3.05) is 7.11 Å². The number of ether oxygens (including phenoxy) is 2. The van der Waals surface area contributed by atoms with Crippen molar-refractivity contribution < 1.29 is 19.1 Å². The van der Waals surface area contributed by atoms with E-state index in [1.165, 1.54) is 7.11 Å². The van der Waals surface area contributed by atoms with Crippen LogP contribution in [-0.2, 0) is 19.1 Å². The SMILES string of the molecule is COC(=O)C1=C(C)NN=C(C(=O)OC(C)C)C1c1ccccc1Cl. The van der Waals surface area contributed by atoms with Crippen molar-refractivity contribution in [3.05, 3.63) is 46.1 Å². The number of hydrogen-bond acceptors (Lipinski definition) is 6. The van der Waals surface area contributed by atoms with Crippen molar-refractivity contribution in [1.82, 2.24) is 5.43 Å². The number of benzene rings is 1. The van der Waals surface area contributed by atoms with E-state index >= 15 is 0 Å². The number of hydrazone groups is 1. The summed E-state index contributed by atoms with van der Waals surface area (Å²) in [5.41, 5.74) is 4.10. The molecule has 1 aromatic rings. The van der Waals surface area contributed by atoms with E-state index in [1.54, 1.807) is 45.0 Å². The highest BCUT2D eigenvalue weighted by Gasteiger charge is 2.38. The van der Waals surface area contributed by atoms with E-state index in [0.717, 1.165) is 0 Å². The molecule has 1 aliphatic rings. The van der Waals surface area contributed by atoms with E-state index in [-0.39, 0.29) is 17.4 Å². The Labute approximate surface area is 145 Å². The zero-order valence-corrected chi connectivity index (χ0v) is 14.7. The lowest BCUT2D eigenvalue weighted by Gasteiger charge is -2.27. The molecule has 2 rings (SSSR count). The lowest BCUT2D eigenvalue weighted by molar-refractivity contribution is -0.139. The van der Waals surface area contributed by atoms with E-state index < -0.39 is 17.9 Å². The minimum atomic E-state index is -0.765. The average Bonchev–Trinajstić information content (AvgIpc) is 2.53. The fourth-order valence-corrected chi connectivity index (χ4v) is 2.70. The third-order valence-electron chi connectivity index (χ3n) is 3.48. The first-order valence-electron chi connectivity index (χ1n) is 7.44. The summed E-state index contributed by atoms with van der Waals surface area (Å²) in [5, 5.41) is 4.52. The molecule has 6 nitrogen and oxygen atoms in total. The van der Waals surface area contributed by atoms with Crippen LogP contribution in [0.1, 0.15) is 32.3 Å². The molecule has 0 aliphatic carbocycles. The summed E-state index contributed by atoms with van der Waals surface area (Å²) in [4.78, 5) is 24.7. The van der Waals surface area contributed by atoms with E-state index in [0.29, 0.717) is 16.3 Å². The molecule has 128 valence electrons. The highest BCUT2D eigenvalue weighted by molar-refractivity contribution is 6.41. The fraction of sp³-hybridized carbons (Fsp3) is 0.353. The van der Waals surface area contributed by atoms with Gasteiger partial charge in [-0.05, 0) is 32.4 Å². The van der Waals surface area contributed by atoms with Gasteiger partial charge in [-0.3, -0.25) is 5.43 Å². The Morgan fingerprint density at radius 1 is 1.25 bits per heavy atom. The van der Waals surface area contributed by atoms with Crippen molar-refractivity contribution in [3.8, 4) is 0 Å². The molecule has 1 atom stereocenters. The predicted molar refractivity (Wildman–Crippen MR) is 90.7 cm³/mol. The van der Waals surface area contributed by atoms with Gasteiger partial charge in [-0.1, -0.05) is 29.8 Å². The number of halogens is 1. The van der Waals surface area contributed by atoms with Crippen molar-refractivity contribution >= 4 is 29.3 Å². The Hall–Kier alpha value is -2.34. The summed E-state index contributed by atoms with van der Waals surface area (Å²) in [6.07, 6.45) is -0.319. The lowest BCUT2D eigenvalue weighted by Crippen LogP contribution is -2.36. The smallest absolute Gasteiger partial charge is 0.355 e. The van der Waals surface area contributed by atoms with E-state index in [4.69, 9.17) is 21.1 Å². The van der Waals surface area contributed by atoms with Crippen LogP contribution in [0.5, 0.6) is 0 Å². The van der Waals surface area contributed by atoms with Crippen LogP contribution in [0.15, 0.2) is 40.6 Å². The first-order valence-corrected chi connectivity index (χ1v) is 7.82. The maximum absolute atomic E-state index is 12.5. The number of allylic oxidation sites excluding steroid dienone is 1. The zero-order valence-electron chi connectivity index (χ0n) is 13.9. The van der Waals surface area contributed by atoms with Crippen molar-refractivity contribution in [2.24, 2.45) is 5.10 Å².